The largest absolute Gasteiger partial charge is 0.342 e. The van der Waals surface area contributed by atoms with Crippen molar-refractivity contribution in [2.24, 2.45) is 5.73 Å². The number of aromatic amines is 1. The first kappa shape index (κ1) is 16.6. The second kappa shape index (κ2) is 6.44. The number of halogens is 1. The van der Waals surface area contributed by atoms with Crippen LogP contribution in [0.5, 0.6) is 0 Å². The topological polar surface area (TPSA) is 96.6 Å². The lowest BCUT2D eigenvalue weighted by atomic mass is 9.91. The smallest absolute Gasteiger partial charge is 0.206 e. The number of nitrogens with two attached hydrogens (primary N) is 1. The molecule has 9 heteroatoms. The fourth-order valence-electron chi connectivity index (χ4n) is 2.75. The lowest BCUT2D eigenvalue weighted by molar-refractivity contribution is 0.362. The van der Waals surface area contributed by atoms with E-state index in [4.69, 9.17) is 17.3 Å². The number of hydrogen-bond donors (Lipinski definition) is 2. The van der Waals surface area contributed by atoms with Crippen LogP contribution < -0.4 is 10.6 Å². The summed E-state index contributed by atoms with van der Waals surface area (Å²) in [6.45, 7) is 3.85. The lowest BCUT2D eigenvalue weighted by Crippen LogP contribution is -2.48. The van der Waals surface area contributed by atoms with Gasteiger partial charge in [-0.05, 0) is 25.8 Å². The summed E-state index contributed by atoms with van der Waals surface area (Å²) in [4.78, 5) is 23.9. The molecule has 0 aliphatic carbocycles. The number of fused-ring (bicyclic) bond motifs is 1. The molecule has 0 saturated carbocycles. The van der Waals surface area contributed by atoms with Gasteiger partial charge in [0.25, 0.3) is 0 Å². The van der Waals surface area contributed by atoms with E-state index >= 15 is 0 Å². The number of anilines is 1. The van der Waals surface area contributed by atoms with E-state index in [1.54, 1.807) is 18.6 Å². The van der Waals surface area contributed by atoms with Crippen LogP contribution in [0.1, 0.15) is 19.8 Å². The minimum absolute atomic E-state index is 0.0906. The number of nitrogens with one attached hydrogen (secondary N) is 1. The fourth-order valence-corrected chi connectivity index (χ4v) is 3.73. The van der Waals surface area contributed by atoms with Gasteiger partial charge < -0.3 is 15.6 Å². The number of imidazole rings is 1. The number of aromatic nitrogens is 5. The first-order valence-corrected chi connectivity index (χ1v) is 9.24. The Morgan fingerprint density at radius 2 is 2.08 bits per heavy atom. The van der Waals surface area contributed by atoms with Crippen LogP contribution in [-0.4, -0.2) is 43.5 Å². The molecule has 0 radical (unpaired) electrons. The van der Waals surface area contributed by atoms with Gasteiger partial charge in [-0.25, -0.2) is 9.97 Å². The first-order valence-electron chi connectivity index (χ1n) is 8.04. The van der Waals surface area contributed by atoms with Gasteiger partial charge in [0, 0.05) is 35.9 Å². The predicted octanol–water partition coefficient (Wildman–Crippen LogP) is 2.87. The molecule has 0 amide bonds. The molecule has 130 valence electrons. The van der Waals surface area contributed by atoms with Crippen molar-refractivity contribution in [2.75, 3.05) is 18.0 Å². The highest BCUT2D eigenvalue weighted by molar-refractivity contribution is 7.99. The number of rotatable bonds is 3. The van der Waals surface area contributed by atoms with Crippen molar-refractivity contribution in [1.29, 1.82) is 0 Å². The molecule has 1 fully saturated rings. The average Bonchev–Trinajstić information content (AvgIpc) is 3.00. The van der Waals surface area contributed by atoms with Crippen LogP contribution in [0.4, 0.5) is 5.95 Å². The van der Waals surface area contributed by atoms with Crippen molar-refractivity contribution in [2.45, 2.75) is 35.2 Å². The summed E-state index contributed by atoms with van der Waals surface area (Å²) in [5, 5.41) is 1.35. The van der Waals surface area contributed by atoms with Crippen LogP contribution in [-0.2, 0) is 0 Å². The molecule has 3 N–H and O–H groups in total. The van der Waals surface area contributed by atoms with Gasteiger partial charge in [0.15, 0.2) is 11.3 Å². The highest BCUT2D eigenvalue weighted by Gasteiger charge is 2.27. The molecule has 1 saturated heterocycles. The van der Waals surface area contributed by atoms with E-state index in [0.29, 0.717) is 16.3 Å². The average molecular weight is 376 g/mol. The number of nitrogens with zero attached hydrogens (tertiary/aromatic N) is 5. The Morgan fingerprint density at radius 1 is 1.28 bits per heavy atom. The summed E-state index contributed by atoms with van der Waals surface area (Å²) in [7, 11) is 0. The third kappa shape index (κ3) is 3.56. The van der Waals surface area contributed by atoms with E-state index in [1.165, 1.54) is 11.8 Å². The van der Waals surface area contributed by atoms with Crippen LogP contribution in [0.3, 0.4) is 0 Å². The van der Waals surface area contributed by atoms with Gasteiger partial charge in [0.1, 0.15) is 5.03 Å². The van der Waals surface area contributed by atoms with E-state index < -0.39 is 0 Å². The zero-order valence-electron chi connectivity index (χ0n) is 13.7. The van der Waals surface area contributed by atoms with Gasteiger partial charge in [-0.15, -0.1) is 0 Å². The Kier molecular flexibility index (Phi) is 4.26. The summed E-state index contributed by atoms with van der Waals surface area (Å²) in [6, 6.07) is 1.86. The third-order valence-corrected chi connectivity index (χ3v) is 5.72. The molecule has 1 aliphatic heterocycles. The third-order valence-electron chi connectivity index (χ3n) is 4.33. The van der Waals surface area contributed by atoms with Crippen LogP contribution >= 0.6 is 23.4 Å². The predicted molar refractivity (Wildman–Crippen MR) is 99.1 cm³/mol. The van der Waals surface area contributed by atoms with Gasteiger partial charge >= 0.3 is 0 Å². The van der Waals surface area contributed by atoms with Crippen LogP contribution in [0, 0.1) is 0 Å². The molecule has 25 heavy (non-hydrogen) atoms. The Balaban J connectivity index is 1.56. The minimum atomic E-state index is -0.0906. The molecule has 0 spiro atoms. The molecule has 0 aromatic carbocycles. The molecule has 0 atom stereocenters. The summed E-state index contributed by atoms with van der Waals surface area (Å²) < 4.78 is 0. The standard InChI is InChI=1S/C16H18ClN7S/c1-16(18)3-6-24(7-4-16)15-22-13-14(23-15)21-12(9-20-13)25-11-2-5-19-8-10(11)17/h2,5,8-9H,3-4,6-7,18H2,1H3,(H,20,21,22,23). The summed E-state index contributed by atoms with van der Waals surface area (Å²) in [5.74, 6) is 0.801. The van der Waals surface area contributed by atoms with Crippen molar-refractivity contribution in [3.63, 3.8) is 0 Å². The quantitative estimate of drug-likeness (QED) is 0.726. The maximum atomic E-state index is 6.20. The Morgan fingerprint density at radius 3 is 2.84 bits per heavy atom. The highest BCUT2D eigenvalue weighted by Crippen LogP contribution is 2.32. The number of piperidine rings is 1. The molecule has 3 aromatic heterocycles. The molecule has 4 heterocycles. The Labute approximate surface area is 154 Å². The number of H-pyrrole nitrogens is 1. The maximum Gasteiger partial charge on any atom is 0.206 e. The molecule has 0 unspecified atom stereocenters. The highest BCUT2D eigenvalue weighted by atomic mass is 35.5. The Hall–Kier alpha value is -1.90. The molecular weight excluding hydrogens is 358 g/mol. The van der Waals surface area contributed by atoms with E-state index in [0.717, 1.165) is 41.8 Å². The molecule has 0 bridgehead atoms. The number of hydrogen-bond acceptors (Lipinski definition) is 7. The van der Waals surface area contributed by atoms with Crippen LogP contribution in [0.25, 0.3) is 11.3 Å². The van der Waals surface area contributed by atoms with Crippen molar-refractivity contribution >= 4 is 40.6 Å². The normalized spacial score (nSPS) is 17.2. The Bertz CT molecular complexity index is 900. The molecule has 4 rings (SSSR count). The molecular formula is C16H18ClN7S. The van der Waals surface area contributed by atoms with E-state index in [-0.39, 0.29) is 5.54 Å². The molecule has 7 nitrogen and oxygen atoms in total. The van der Waals surface area contributed by atoms with E-state index in [9.17, 15) is 0 Å². The zero-order valence-corrected chi connectivity index (χ0v) is 15.3. The molecule has 3 aromatic rings. The molecule has 1 aliphatic rings. The maximum absolute atomic E-state index is 6.20. The van der Waals surface area contributed by atoms with Crippen molar-refractivity contribution in [3.8, 4) is 0 Å². The second-order valence-corrected chi connectivity index (χ2v) is 7.96. The van der Waals surface area contributed by atoms with E-state index in [1.807, 2.05) is 6.07 Å². The first-order chi connectivity index (χ1) is 12.0. The van der Waals surface area contributed by atoms with Crippen LogP contribution in [0.15, 0.2) is 34.6 Å². The van der Waals surface area contributed by atoms with Gasteiger partial charge in [0.2, 0.25) is 5.95 Å². The van der Waals surface area contributed by atoms with Crippen LogP contribution in [0.2, 0.25) is 5.02 Å². The second-order valence-electron chi connectivity index (χ2n) is 6.49. The van der Waals surface area contributed by atoms with E-state index in [2.05, 4.69) is 36.7 Å². The SMILES string of the molecule is CC1(N)CCN(c2nc3ncc(Sc4ccncc4Cl)nc3[nH]2)CC1. The van der Waals surface area contributed by atoms with Crippen molar-refractivity contribution in [3.05, 3.63) is 29.7 Å². The number of pyridine rings is 1. The van der Waals surface area contributed by atoms with Gasteiger partial charge in [-0.2, -0.15) is 4.98 Å². The summed E-state index contributed by atoms with van der Waals surface area (Å²) in [5.41, 5.74) is 7.39. The lowest BCUT2D eigenvalue weighted by Gasteiger charge is -2.36. The van der Waals surface area contributed by atoms with Gasteiger partial charge in [-0.3, -0.25) is 4.98 Å². The zero-order chi connectivity index (χ0) is 17.4. The van der Waals surface area contributed by atoms with Gasteiger partial charge in [0.05, 0.1) is 11.2 Å². The van der Waals surface area contributed by atoms with Gasteiger partial charge in [-0.1, -0.05) is 23.4 Å². The summed E-state index contributed by atoms with van der Waals surface area (Å²) >= 11 is 7.60. The van der Waals surface area contributed by atoms with Crippen molar-refractivity contribution < 1.29 is 0 Å². The monoisotopic (exact) mass is 375 g/mol. The van der Waals surface area contributed by atoms with Crippen molar-refractivity contribution in [1.82, 2.24) is 24.9 Å². The summed E-state index contributed by atoms with van der Waals surface area (Å²) in [6.07, 6.45) is 6.91. The fraction of sp³-hybridized carbons (Fsp3) is 0.375. The minimum Gasteiger partial charge on any atom is -0.342 e.